The van der Waals surface area contributed by atoms with Gasteiger partial charge in [0.1, 0.15) is 18.4 Å². The molecular formula is C31H34N2O7S. The van der Waals surface area contributed by atoms with Gasteiger partial charge >= 0.3 is 5.97 Å². The van der Waals surface area contributed by atoms with Gasteiger partial charge in [-0.15, -0.1) is 6.58 Å². The van der Waals surface area contributed by atoms with Crippen molar-refractivity contribution in [2.24, 2.45) is 4.99 Å². The first-order valence-electron chi connectivity index (χ1n) is 13.1. The molecule has 4 rings (SSSR count). The quantitative estimate of drug-likeness (QED) is 0.210. The van der Waals surface area contributed by atoms with Crippen molar-refractivity contribution in [3.8, 4) is 17.2 Å². The highest BCUT2D eigenvalue weighted by Crippen LogP contribution is 2.36. The Bertz CT molecular complexity index is 1670. The van der Waals surface area contributed by atoms with Crippen molar-refractivity contribution >= 4 is 23.4 Å². The van der Waals surface area contributed by atoms with E-state index in [9.17, 15) is 14.7 Å². The fraction of sp³-hybridized carbons (Fsp3) is 0.323. The Morgan fingerprint density at radius 1 is 1.20 bits per heavy atom. The number of phenolic OH excluding ortho intramolecular Hbond substituents is 1. The standard InChI is InChI=1S/C31H34N2O7S/c1-7-10-21-15-20(16-24(38-6)28(21)34)17-25-29(35)33-27(22-11-8-9-12-23(22)40-18(2)3)26(19(4)32-31(33)41-25)30(36)39-14-13-37-5/h7-9,11-12,15-18,27,34H,1,10,13-14H2,2-6H3/b25-17+/t27-/m0/s1. The fourth-order valence-corrected chi connectivity index (χ4v) is 5.68. The molecule has 2 heterocycles. The highest BCUT2D eigenvalue weighted by molar-refractivity contribution is 7.07. The summed E-state index contributed by atoms with van der Waals surface area (Å²) in [4.78, 5) is 32.6. The molecule has 0 spiro atoms. The lowest BCUT2D eigenvalue weighted by Gasteiger charge is -2.27. The summed E-state index contributed by atoms with van der Waals surface area (Å²) in [5, 5.41) is 10.5. The van der Waals surface area contributed by atoms with Crippen molar-refractivity contribution < 1.29 is 28.8 Å². The molecule has 41 heavy (non-hydrogen) atoms. The number of fused-ring (bicyclic) bond motifs is 1. The molecule has 1 N–H and O–H groups in total. The first kappa shape index (κ1) is 29.8. The maximum absolute atomic E-state index is 14.1. The number of carbonyl (C=O) groups excluding carboxylic acids is 1. The molecule has 1 atom stereocenters. The van der Waals surface area contributed by atoms with Crippen LogP contribution < -0.4 is 24.4 Å². The Balaban J connectivity index is 1.94. The number of para-hydroxylation sites is 1. The van der Waals surface area contributed by atoms with Crippen molar-refractivity contribution in [3.05, 3.63) is 96.7 Å². The van der Waals surface area contributed by atoms with Crippen LogP contribution in [-0.4, -0.2) is 49.2 Å². The van der Waals surface area contributed by atoms with E-state index in [0.717, 1.165) is 0 Å². The number of benzene rings is 2. The summed E-state index contributed by atoms with van der Waals surface area (Å²) >= 11 is 1.21. The Morgan fingerprint density at radius 3 is 2.63 bits per heavy atom. The van der Waals surface area contributed by atoms with Gasteiger partial charge in [-0.3, -0.25) is 9.36 Å². The van der Waals surface area contributed by atoms with E-state index in [1.54, 1.807) is 31.2 Å². The minimum atomic E-state index is -0.830. The topological polar surface area (TPSA) is 109 Å². The first-order valence-corrected chi connectivity index (χ1v) is 14.0. The number of esters is 1. The molecule has 1 aromatic heterocycles. The molecule has 0 unspecified atom stereocenters. The predicted octanol–water partition coefficient (Wildman–Crippen LogP) is 3.65. The summed E-state index contributed by atoms with van der Waals surface area (Å²) in [5.41, 5.74) is 2.29. The third-order valence-corrected chi connectivity index (χ3v) is 7.38. The molecule has 0 radical (unpaired) electrons. The second-order valence-electron chi connectivity index (χ2n) is 9.64. The lowest BCUT2D eigenvalue weighted by Crippen LogP contribution is -2.40. The van der Waals surface area contributed by atoms with Crippen molar-refractivity contribution in [1.29, 1.82) is 0 Å². The largest absolute Gasteiger partial charge is 0.504 e. The summed E-state index contributed by atoms with van der Waals surface area (Å²) in [6.07, 6.45) is 3.69. The molecule has 216 valence electrons. The second-order valence-corrected chi connectivity index (χ2v) is 10.6. The zero-order chi connectivity index (χ0) is 29.7. The third kappa shape index (κ3) is 6.28. The summed E-state index contributed by atoms with van der Waals surface area (Å²) in [5.74, 6) is 0.286. The van der Waals surface area contributed by atoms with Crippen LogP contribution in [0.15, 0.2) is 70.1 Å². The maximum Gasteiger partial charge on any atom is 0.338 e. The van der Waals surface area contributed by atoms with Crippen LogP contribution in [0.3, 0.4) is 0 Å². The molecule has 0 saturated carbocycles. The second kappa shape index (κ2) is 13.0. The van der Waals surface area contributed by atoms with E-state index in [1.165, 1.54) is 30.1 Å². The highest BCUT2D eigenvalue weighted by atomic mass is 32.1. The van der Waals surface area contributed by atoms with E-state index in [-0.39, 0.29) is 41.9 Å². The number of thiazole rings is 1. The number of phenols is 1. The number of carbonyl (C=O) groups is 1. The molecule has 1 aliphatic rings. The van der Waals surface area contributed by atoms with Crippen LogP contribution in [0.4, 0.5) is 0 Å². The van der Waals surface area contributed by atoms with E-state index in [1.807, 2.05) is 38.1 Å². The number of hydrogen-bond donors (Lipinski definition) is 1. The van der Waals surface area contributed by atoms with E-state index in [4.69, 9.17) is 18.9 Å². The molecule has 10 heteroatoms. The van der Waals surface area contributed by atoms with Crippen molar-refractivity contribution in [2.45, 2.75) is 39.3 Å². The molecule has 3 aromatic rings. The van der Waals surface area contributed by atoms with Crippen LogP contribution in [0.5, 0.6) is 17.2 Å². The summed E-state index contributed by atoms with van der Waals surface area (Å²) in [7, 11) is 2.99. The van der Waals surface area contributed by atoms with Crippen molar-refractivity contribution in [1.82, 2.24) is 4.57 Å². The summed E-state index contributed by atoms with van der Waals surface area (Å²) in [6, 6.07) is 9.95. The monoisotopic (exact) mass is 578 g/mol. The van der Waals surface area contributed by atoms with Gasteiger partial charge in [-0.25, -0.2) is 9.79 Å². The van der Waals surface area contributed by atoms with Gasteiger partial charge in [-0.1, -0.05) is 35.6 Å². The van der Waals surface area contributed by atoms with E-state index >= 15 is 0 Å². The highest BCUT2D eigenvalue weighted by Gasteiger charge is 2.35. The Labute approximate surface area is 242 Å². The van der Waals surface area contributed by atoms with Crippen LogP contribution >= 0.6 is 11.3 Å². The van der Waals surface area contributed by atoms with Crippen molar-refractivity contribution in [3.63, 3.8) is 0 Å². The van der Waals surface area contributed by atoms with E-state index in [2.05, 4.69) is 11.6 Å². The number of nitrogens with zero attached hydrogens (tertiary/aromatic N) is 2. The van der Waals surface area contributed by atoms with Crippen LogP contribution in [-0.2, 0) is 20.7 Å². The predicted molar refractivity (Wildman–Crippen MR) is 157 cm³/mol. The van der Waals surface area contributed by atoms with Crippen LogP contribution in [0.2, 0.25) is 0 Å². The van der Waals surface area contributed by atoms with Gasteiger partial charge < -0.3 is 24.1 Å². The van der Waals surface area contributed by atoms with Crippen molar-refractivity contribution in [2.75, 3.05) is 27.4 Å². The van der Waals surface area contributed by atoms with Gasteiger partial charge in [0.25, 0.3) is 5.56 Å². The number of allylic oxidation sites excluding steroid dienone is 2. The van der Waals surface area contributed by atoms with Crippen LogP contribution in [0.25, 0.3) is 6.08 Å². The molecule has 0 bridgehead atoms. The maximum atomic E-state index is 14.1. The summed E-state index contributed by atoms with van der Waals surface area (Å²) in [6.45, 7) is 9.60. The normalized spacial score (nSPS) is 15.0. The van der Waals surface area contributed by atoms with Crippen LogP contribution in [0.1, 0.15) is 43.5 Å². The molecule has 0 aliphatic carbocycles. The van der Waals surface area contributed by atoms with Gasteiger partial charge in [0.15, 0.2) is 16.3 Å². The van der Waals surface area contributed by atoms with Gasteiger partial charge in [0.05, 0.1) is 35.6 Å². The molecule has 0 fully saturated rings. The molecule has 0 saturated heterocycles. The SMILES string of the molecule is C=CCc1cc(/C=c2/sc3n(c2=O)[C@@H](c2ccccc2OC(C)C)C(C(=O)OCCOC)=C(C)N=3)cc(OC)c1O. The Kier molecular flexibility index (Phi) is 9.46. The third-order valence-electron chi connectivity index (χ3n) is 6.40. The molecule has 9 nitrogen and oxygen atoms in total. The van der Waals surface area contributed by atoms with Gasteiger partial charge in [0, 0.05) is 18.2 Å². The van der Waals surface area contributed by atoms with Gasteiger partial charge in [0.2, 0.25) is 0 Å². The first-order chi connectivity index (χ1) is 19.7. The average molecular weight is 579 g/mol. The molecular weight excluding hydrogens is 544 g/mol. The fourth-order valence-electron chi connectivity index (χ4n) is 4.63. The Morgan fingerprint density at radius 2 is 1.95 bits per heavy atom. The number of methoxy groups -OCH3 is 2. The number of hydrogen-bond acceptors (Lipinski definition) is 9. The molecule has 2 aromatic carbocycles. The summed E-state index contributed by atoms with van der Waals surface area (Å²) < 4.78 is 23.9. The average Bonchev–Trinajstić information content (AvgIpc) is 3.23. The van der Waals surface area contributed by atoms with Gasteiger partial charge in [-0.05, 0) is 57.0 Å². The van der Waals surface area contributed by atoms with Gasteiger partial charge in [-0.2, -0.15) is 0 Å². The van der Waals surface area contributed by atoms with Crippen LogP contribution in [0, 0.1) is 0 Å². The zero-order valence-electron chi connectivity index (χ0n) is 23.8. The minimum absolute atomic E-state index is 0.0278. The lowest BCUT2D eigenvalue weighted by atomic mass is 9.95. The van der Waals surface area contributed by atoms with E-state index in [0.29, 0.717) is 43.9 Å². The lowest BCUT2D eigenvalue weighted by molar-refractivity contribution is -0.140. The zero-order valence-corrected chi connectivity index (χ0v) is 24.6. The Hall–Kier alpha value is -4.15. The van der Waals surface area contributed by atoms with E-state index < -0.39 is 12.0 Å². The molecule has 1 aliphatic heterocycles. The molecule has 0 amide bonds. The number of rotatable bonds is 11. The number of ether oxygens (including phenoxy) is 4. The number of aromatic nitrogens is 1. The smallest absolute Gasteiger partial charge is 0.338 e. The minimum Gasteiger partial charge on any atom is -0.504 e. The number of aromatic hydroxyl groups is 1.